The Morgan fingerprint density at radius 1 is 1.22 bits per heavy atom. The molecule has 18 heavy (non-hydrogen) atoms. The molecule has 5 heteroatoms. The zero-order valence-corrected chi connectivity index (χ0v) is 12.8. The molecule has 1 N–H and O–H groups in total. The third kappa shape index (κ3) is 5.24. The molecule has 1 saturated carbocycles. The van der Waals surface area contributed by atoms with Gasteiger partial charge in [0.2, 0.25) is 0 Å². The minimum absolute atomic E-state index is 0.128. The van der Waals surface area contributed by atoms with Gasteiger partial charge in [-0.15, -0.1) is 0 Å². The van der Waals surface area contributed by atoms with Crippen molar-refractivity contribution in [1.82, 2.24) is 10.2 Å². The summed E-state index contributed by atoms with van der Waals surface area (Å²) in [5, 5.41) is 3.39. The van der Waals surface area contributed by atoms with Crippen LogP contribution in [0.4, 0.5) is 0 Å². The molecule has 0 bridgehead atoms. The van der Waals surface area contributed by atoms with Crippen molar-refractivity contribution in [2.75, 3.05) is 32.4 Å². The summed E-state index contributed by atoms with van der Waals surface area (Å²) in [4.78, 5) is 2.38. The van der Waals surface area contributed by atoms with Crippen LogP contribution in [0.15, 0.2) is 0 Å². The van der Waals surface area contributed by atoms with E-state index in [0.717, 1.165) is 51.9 Å². The maximum absolute atomic E-state index is 11.6. The van der Waals surface area contributed by atoms with Gasteiger partial charge in [-0.1, -0.05) is 20.3 Å². The van der Waals surface area contributed by atoms with Crippen molar-refractivity contribution in [2.45, 2.75) is 50.8 Å². The Morgan fingerprint density at radius 3 is 2.44 bits per heavy atom. The van der Waals surface area contributed by atoms with Gasteiger partial charge in [0.1, 0.15) is 9.84 Å². The van der Waals surface area contributed by atoms with Gasteiger partial charge in [0.05, 0.1) is 5.25 Å². The van der Waals surface area contributed by atoms with Crippen molar-refractivity contribution in [3.63, 3.8) is 0 Å². The van der Waals surface area contributed by atoms with E-state index in [9.17, 15) is 8.42 Å². The molecular formula is C13H28N2O2S. The van der Waals surface area contributed by atoms with Crippen LogP contribution in [0.3, 0.4) is 0 Å². The Bertz CT molecular complexity index is 326. The molecule has 0 radical (unpaired) electrons. The highest BCUT2D eigenvalue weighted by molar-refractivity contribution is 7.91. The van der Waals surface area contributed by atoms with Crippen molar-refractivity contribution in [3.8, 4) is 0 Å². The number of hydrogen-bond donors (Lipinski definition) is 1. The van der Waals surface area contributed by atoms with E-state index in [-0.39, 0.29) is 5.25 Å². The summed E-state index contributed by atoms with van der Waals surface area (Å²) in [6, 6.07) is 0.383. The molecule has 1 aliphatic rings. The highest BCUT2D eigenvalue weighted by Crippen LogP contribution is 2.23. The zero-order chi connectivity index (χ0) is 13.6. The van der Waals surface area contributed by atoms with Crippen LogP contribution in [0.25, 0.3) is 0 Å². The molecule has 0 heterocycles. The Morgan fingerprint density at radius 2 is 1.89 bits per heavy atom. The van der Waals surface area contributed by atoms with Crippen LogP contribution in [-0.4, -0.2) is 57.0 Å². The van der Waals surface area contributed by atoms with Crippen LogP contribution < -0.4 is 5.32 Å². The first-order chi connectivity index (χ1) is 8.47. The predicted octanol–water partition coefficient (Wildman–Crippen LogP) is 1.27. The lowest BCUT2D eigenvalue weighted by Crippen LogP contribution is -2.42. The molecule has 0 aromatic carbocycles. The lowest BCUT2D eigenvalue weighted by molar-refractivity contribution is 0.285. The number of sulfone groups is 1. The second-order valence-electron chi connectivity index (χ2n) is 5.30. The number of rotatable bonds is 7. The van der Waals surface area contributed by atoms with Crippen LogP contribution >= 0.6 is 0 Å². The molecule has 2 unspecified atom stereocenters. The van der Waals surface area contributed by atoms with Crippen molar-refractivity contribution < 1.29 is 8.42 Å². The van der Waals surface area contributed by atoms with Crippen LogP contribution in [0.5, 0.6) is 0 Å². The van der Waals surface area contributed by atoms with Crippen LogP contribution in [0, 0.1) is 0 Å². The molecular weight excluding hydrogens is 248 g/mol. The monoisotopic (exact) mass is 276 g/mol. The van der Waals surface area contributed by atoms with Gasteiger partial charge in [-0.2, -0.15) is 0 Å². The summed E-state index contributed by atoms with van der Waals surface area (Å²) < 4.78 is 23.1. The van der Waals surface area contributed by atoms with Gasteiger partial charge in [0, 0.05) is 25.4 Å². The summed E-state index contributed by atoms with van der Waals surface area (Å²) in [5.41, 5.74) is 0. The van der Waals surface area contributed by atoms with E-state index in [2.05, 4.69) is 24.1 Å². The second kappa shape index (κ2) is 7.46. The maximum Gasteiger partial charge on any atom is 0.150 e. The van der Waals surface area contributed by atoms with E-state index in [0.29, 0.717) is 6.04 Å². The summed E-state index contributed by atoms with van der Waals surface area (Å²) in [5.74, 6) is 0. The fraction of sp³-hybridized carbons (Fsp3) is 1.00. The van der Waals surface area contributed by atoms with Gasteiger partial charge in [0.25, 0.3) is 0 Å². The van der Waals surface area contributed by atoms with Gasteiger partial charge < -0.3 is 10.2 Å². The lowest BCUT2D eigenvalue weighted by atomic mass is 9.95. The Hall–Kier alpha value is -0.130. The van der Waals surface area contributed by atoms with Crippen LogP contribution in [-0.2, 0) is 9.84 Å². The topological polar surface area (TPSA) is 49.4 Å². The SMILES string of the molecule is CCN(CC)CCNC1CCCC(S(C)(=O)=O)C1. The Kier molecular flexibility index (Phi) is 6.60. The fourth-order valence-corrected chi connectivity index (χ4v) is 3.86. The first-order valence-electron chi connectivity index (χ1n) is 7.12. The first kappa shape index (κ1) is 15.9. The molecule has 0 aliphatic heterocycles. The average Bonchev–Trinajstić information content (AvgIpc) is 2.34. The smallest absolute Gasteiger partial charge is 0.150 e. The van der Waals surface area contributed by atoms with Crippen molar-refractivity contribution in [3.05, 3.63) is 0 Å². The van der Waals surface area contributed by atoms with Crippen LogP contribution in [0.1, 0.15) is 39.5 Å². The molecule has 1 rings (SSSR count). The number of hydrogen-bond acceptors (Lipinski definition) is 4. The molecule has 2 atom stereocenters. The lowest BCUT2D eigenvalue weighted by Gasteiger charge is -2.29. The highest BCUT2D eigenvalue weighted by Gasteiger charge is 2.28. The third-order valence-electron chi connectivity index (χ3n) is 3.99. The second-order valence-corrected chi connectivity index (χ2v) is 7.62. The van der Waals surface area contributed by atoms with E-state index < -0.39 is 9.84 Å². The maximum atomic E-state index is 11.6. The van der Waals surface area contributed by atoms with E-state index in [1.807, 2.05) is 0 Å². The van der Waals surface area contributed by atoms with E-state index in [1.54, 1.807) is 0 Å². The molecule has 4 nitrogen and oxygen atoms in total. The third-order valence-corrected chi connectivity index (χ3v) is 5.63. The quantitative estimate of drug-likeness (QED) is 0.761. The molecule has 0 spiro atoms. The van der Waals surface area contributed by atoms with Crippen molar-refractivity contribution in [2.24, 2.45) is 0 Å². The average molecular weight is 276 g/mol. The molecule has 1 fully saturated rings. The van der Waals surface area contributed by atoms with E-state index in [4.69, 9.17) is 0 Å². The molecule has 0 saturated heterocycles. The first-order valence-corrected chi connectivity index (χ1v) is 9.07. The van der Waals surface area contributed by atoms with Gasteiger partial charge in [-0.25, -0.2) is 8.42 Å². The molecule has 1 aliphatic carbocycles. The Balaban J connectivity index is 2.30. The normalized spacial score (nSPS) is 25.6. The van der Waals surface area contributed by atoms with E-state index >= 15 is 0 Å². The summed E-state index contributed by atoms with van der Waals surface area (Å²) in [7, 11) is -2.86. The van der Waals surface area contributed by atoms with Gasteiger partial charge in [0.15, 0.2) is 0 Å². The number of likely N-dealkylation sites (N-methyl/N-ethyl adjacent to an activating group) is 1. The van der Waals surface area contributed by atoms with Crippen LogP contribution in [0.2, 0.25) is 0 Å². The Labute approximate surface area is 112 Å². The standard InChI is InChI=1S/C13H28N2O2S/c1-4-15(5-2)10-9-14-12-7-6-8-13(11-12)18(3,16)17/h12-14H,4-11H2,1-3H3. The molecule has 0 aromatic rings. The fourth-order valence-electron chi connectivity index (χ4n) is 2.69. The highest BCUT2D eigenvalue weighted by atomic mass is 32.2. The molecule has 0 aromatic heterocycles. The van der Waals surface area contributed by atoms with Crippen molar-refractivity contribution in [1.29, 1.82) is 0 Å². The summed E-state index contributed by atoms with van der Waals surface area (Å²) >= 11 is 0. The minimum Gasteiger partial charge on any atom is -0.313 e. The van der Waals surface area contributed by atoms with Gasteiger partial charge in [-0.05, 0) is 32.4 Å². The summed E-state index contributed by atoms with van der Waals surface area (Å²) in [6.45, 7) is 8.51. The van der Waals surface area contributed by atoms with Gasteiger partial charge in [-0.3, -0.25) is 0 Å². The zero-order valence-electron chi connectivity index (χ0n) is 12.0. The largest absolute Gasteiger partial charge is 0.313 e. The molecule has 0 amide bonds. The number of nitrogens with zero attached hydrogens (tertiary/aromatic N) is 1. The summed E-state index contributed by atoms with van der Waals surface area (Å²) in [6.07, 6.45) is 5.14. The molecule has 108 valence electrons. The van der Waals surface area contributed by atoms with E-state index in [1.165, 1.54) is 6.26 Å². The van der Waals surface area contributed by atoms with Crippen molar-refractivity contribution >= 4 is 9.84 Å². The van der Waals surface area contributed by atoms with Gasteiger partial charge >= 0.3 is 0 Å². The predicted molar refractivity (Wildman–Crippen MR) is 76.7 cm³/mol. The minimum atomic E-state index is -2.86. The number of nitrogens with one attached hydrogen (secondary N) is 1.